The van der Waals surface area contributed by atoms with Crippen LogP contribution in [0, 0.1) is 12.8 Å². The zero-order chi connectivity index (χ0) is 25.7. The third-order valence-corrected chi connectivity index (χ3v) is 10.1. The molecule has 0 saturated carbocycles. The fourth-order valence-corrected chi connectivity index (χ4v) is 6.92. The zero-order valence-electron chi connectivity index (χ0n) is 20.6. The van der Waals surface area contributed by atoms with Gasteiger partial charge in [0.05, 0.1) is 18.2 Å². The summed E-state index contributed by atoms with van der Waals surface area (Å²) in [6, 6.07) is 15.8. The molecule has 36 heavy (non-hydrogen) atoms. The van der Waals surface area contributed by atoms with Crippen molar-refractivity contribution < 1.29 is 9.35 Å². The summed E-state index contributed by atoms with van der Waals surface area (Å²) in [5.74, 6) is -0.00638. The van der Waals surface area contributed by atoms with Crippen molar-refractivity contribution in [2.45, 2.75) is 26.3 Å². The molecule has 2 aromatic carbocycles. The van der Waals surface area contributed by atoms with E-state index >= 15 is 0 Å². The molecule has 1 aromatic heterocycles. The number of amides is 1. The Bertz CT molecular complexity index is 1230. The summed E-state index contributed by atoms with van der Waals surface area (Å²) in [4.78, 5) is 21.2. The van der Waals surface area contributed by atoms with Gasteiger partial charge in [-0.1, -0.05) is 53.7 Å². The Morgan fingerprint density at radius 1 is 1.31 bits per heavy atom. The predicted octanol–water partition coefficient (Wildman–Crippen LogP) is 6.34. The fourth-order valence-electron chi connectivity index (χ4n) is 4.31. The zero-order valence-corrected chi connectivity index (χ0v) is 23.8. The molecule has 1 aliphatic heterocycles. The van der Waals surface area contributed by atoms with Gasteiger partial charge in [-0.25, -0.2) is 4.98 Å². The molecular formula is C27H30ClN3O2S3. The third-order valence-electron chi connectivity index (χ3n) is 6.23. The highest BCUT2D eigenvalue weighted by Gasteiger charge is 2.27. The largest absolute Gasteiger partial charge is 0.611 e. The van der Waals surface area contributed by atoms with Crippen molar-refractivity contribution in [3.8, 4) is 10.6 Å². The molecule has 1 amide bonds. The summed E-state index contributed by atoms with van der Waals surface area (Å²) in [5.41, 5.74) is 4.08. The Hall–Kier alpha value is -1.97. The third kappa shape index (κ3) is 6.66. The lowest BCUT2D eigenvalue weighted by molar-refractivity contribution is -0.125. The Morgan fingerprint density at radius 3 is 2.78 bits per heavy atom. The number of aromatic nitrogens is 1. The molecular weight excluding hydrogens is 530 g/mol. The van der Waals surface area contributed by atoms with E-state index in [0.717, 1.165) is 56.0 Å². The number of hydrogen-bond donors (Lipinski definition) is 1. The highest BCUT2D eigenvalue weighted by Crippen LogP contribution is 2.32. The predicted molar refractivity (Wildman–Crippen MR) is 156 cm³/mol. The van der Waals surface area contributed by atoms with Gasteiger partial charge in [0.2, 0.25) is 5.91 Å². The summed E-state index contributed by atoms with van der Waals surface area (Å²) in [7, 11) is 0. The molecule has 2 unspecified atom stereocenters. The molecule has 0 spiro atoms. The number of para-hydroxylation sites is 1. The molecule has 190 valence electrons. The average molecular weight is 560 g/mol. The van der Waals surface area contributed by atoms with E-state index < -0.39 is 11.2 Å². The molecule has 1 aliphatic rings. The van der Waals surface area contributed by atoms with E-state index in [1.54, 1.807) is 17.6 Å². The highest BCUT2D eigenvalue weighted by atomic mass is 35.5. The molecule has 2 atom stereocenters. The number of anilines is 1. The molecule has 0 aliphatic carbocycles. The first-order chi connectivity index (χ1) is 17.4. The second-order valence-corrected chi connectivity index (χ2v) is 12.7. The van der Waals surface area contributed by atoms with Gasteiger partial charge in [-0.05, 0) is 55.4 Å². The second kappa shape index (κ2) is 12.5. The molecule has 4 rings (SSSR count). The normalized spacial score (nSPS) is 17.2. The maximum Gasteiger partial charge on any atom is 0.225 e. The van der Waals surface area contributed by atoms with Crippen LogP contribution in [0.15, 0.2) is 52.8 Å². The monoisotopic (exact) mass is 559 g/mol. The number of nitrogens with one attached hydrogen (secondary N) is 1. The molecule has 1 N–H and O–H groups in total. The number of thioether (sulfide) groups is 1. The van der Waals surface area contributed by atoms with Crippen LogP contribution in [0.4, 0.5) is 5.69 Å². The lowest BCUT2D eigenvalue weighted by atomic mass is 9.96. The summed E-state index contributed by atoms with van der Waals surface area (Å²) < 4.78 is 12.9. The fraction of sp³-hybridized carbons (Fsp3) is 0.333. The summed E-state index contributed by atoms with van der Waals surface area (Å²) in [5, 5.41) is 4.78. The number of thiazole rings is 1. The molecule has 0 bridgehead atoms. The lowest BCUT2D eigenvalue weighted by Gasteiger charge is -2.34. The molecule has 0 radical (unpaired) electrons. The highest BCUT2D eigenvalue weighted by molar-refractivity contribution is 8.18. The van der Waals surface area contributed by atoms with Crippen molar-refractivity contribution >= 4 is 63.5 Å². The van der Waals surface area contributed by atoms with Crippen LogP contribution in [0.2, 0.25) is 5.02 Å². The van der Waals surface area contributed by atoms with Gasteiger partial charge in [0.1, 0.15) is 11.3 Å². The van der Waals surface area contributed by atoms with Crippen LogP contribution in [-0.4, -0.2) is 41.0 Å². The Balaban J connectivity index is 1.42. The number of halogens is 1. The number of carbonyl (C=O) groups is 1. The topological polar surface area (TPSA) is 68.3 Å². The van der Waals surface area contributed by atoms with E-state index in [0.29, 0.717) is 18.1 Å². The first-order valence-corrected chi connectivity index (χ1v) is 15.8. The van der Waals surface area contributed by atoms with Gasteiger partial charge in [-0.2, -0.15) is 0 Å². The minimum Gasteiger partial charge on any atom is -0.611 e. The molecule has 1 fully saturated rings. The number of hydrogen-bond acceptors (Lipinski definition) is 6. The van der Waals surface area contributed by atoms with E-state index in [2.05, 4.69) is 16.3 Å². The smallest absolute Gasteiger partial charge is 0.225 e. The Kier molecular flexibility index (Phi) is 9.41. The maximum absolute atomic E-state index is 13.1. The van der Waals surface area contributed by atoms with E-state index in [-0.39, 0.29) is 11.8 Å². The van der Waals surface area contributed by atoms with Crippen molar-refractivity contribution in [3.63, 3.8) is 0 Å². The van der Waals surface area contributed by atoms with E-state index in [4.69, 9.17) is 16.6 Å². The molecule has 5 nitrogen and oxygen atoms in total. The standard InChI is InChI=1S/C27H30ClN3O2S3/c1-18-24(35-27(30-18)19-10-12-22(28)13-11-19)16-29-26(32)21-8-6-14-31(17-21)23-9-5-4-7-20(23)15-25(34-2)36(3)33/h4-5,7,9-13,15,21H,6,8,14,16-17H2,1-3H3,(H,29,32). The molecule has 9 heteroatoms. The first kappa shape index (κ1) is 27.1. The van der Waals surface area contributed by atoms with Crippen LogP contribution in [-0.2, 0) is 22.5 Å². The summed E-state index contributed by atoms with van der Waals surface area (Å²) in [6.07, 6.45) is 7.47. The van der Waals surface area contributed by atoms with Crippen molar-refractivity contribution in [1.29, 1.82) is 0 Å². The van der Waals surface area contributed by atoms with Crippen LogP contribution in [0.3, 0.4) is 0 Å². The number of carbonyl (C=O) groups excluding carboxylic acids is 1. The van der Waals surface area contributed by atoms with Gasteiger partial charge in [0.15, 0.2) is 4.24 Å². The lowest BCUT2D eigenvalue weighted by Crippen LogP contribution is -2.43. The molecule has 1 saturated heterocycles. The van der Waals surface area contributed by atoms with Gasteiger partial charge in [0, 0.05) is 45.9 Å². The minimum absolute atomic E-state index is 0.0769. The van der Waals surface area contributed by atoms with E-state index in [9.17, 15) is 9.35 Å². The van der Waals surface area contributed by atoms with E-state index in [1.165, 1.54) is 11.8 Å². The van der Waals surface area contributed by atoms with Gasteiger partial charge in [-0.15, -0.1) is 11.3 Å². The van der Waals surface area contributed by atoms with Crippen LogP contribution in [0.1, 0.15) is 29.0 Å². The summed E-state index contributed by atoms with van der Waals surface area (Å²) >= 11 is 8.09. The Morgan fingerprint density at radius 2 is 2.06 bits per heavy atom. The number of aryl methyl sites for hydroxylation is 1. The summed E-state index contributed by atoms with van der Waals surface area (Å²) in [6.45, 7) is 4.02. The van der Waals surface area contributed by atoms with Crippen molar-refractivity contribution in [3.05, 3.63) is 73.9 Å². The minimum atomic E-state index is -1.03. The van der Waals surface area contributed by atoms with Gasteiger partial charge >= 0.3 is 0 Å². The first-order valence-electron chi connectivity index (χ1n) is 11.8. The number of piperidine rings is 1. The average Bonchev–Trinajstić information content (AvgIpc) is 3.26. The van der Waals surface area contributed by atoms with Crippen molar-refractivity contribution in [1.82, 2.24) is 10.3 Å². The second-order valence-electron chi connectivity index (χ2n) is 8.72. The van der Waals surface area contributed by atoms with Gasteiger partial charge in [0.25, 0.3) is 0 Å². The van der Waals surface area contributed by atoms with Gasteiger partial charge in [-0.3, -0.25) is 4.79 Å². The van der Waals surface area contributed by atoms with Crippen LogP contribution in [0.25, 0.3) is 16.6 Å². The van der Waals surface area contributed by atoms with Crippen LogP contribution in [0.5, 0.6) is 0 Å². The van der Waals surface area contributed by atoms with Crippen LogP contribution < -0.4 is 10.2 Å². The number of benzene rings is 2. The van der Waals surface area contributed by atoms with Gasteiger partial charge < -0.3 is 14.8 Å². The SMILES string of the molecule is CSC(=Cc1ccccc1N1CCCC(C(=O)NCc2sc(-c3ccc(Cl)cc3)nc2C)C1)[S+](C)[O-]. The number of nitrogens with zero attached hydrogens (tertiary/aromatic N) is 2. The Labute approximate surface area is 229 Å². The quantitative estimate of drug-likeness (QED) is 0.326. The van der Waals surface area contributed by atoms with Crippen molar-refractivity contribution in [2.75, 3.05) is 30.5 Å². The van der Waals surface area contributed by atoms with Crippen LogP contribution >= 0.6 is 34.7 Å². The van der Waals surface area contributed by atoms with Crippen molar-refractivity contribution in [2.24, 2.45) is 5.92 Å². The molecule has 2 heterocycles. The number of rotatable bonds is 8. The maximum atomic E-state index is 13.1. The van der Waals surface area contributed by atoms with E-state index in [1.807, 2.05) is 61.7 Å². The molecule has 3 aromatic rings.